The Balaban J connectivity index is 1.76. The van der Waals surface area contributed by atoms with Crippen molar-refractivity contribution in [1.82, 2.24) is 14.1 Å². The highest BCUT2D eigenvalue weighted by Crippen LogP contribution is 2.36. The molecule has 0 spiro atoms. The minimum absolute atomic E-state index is 0.279. The number of hydrogen-bond acceptors (Lipinski definition) is 6. The molecule has 2 aromatic heterocycles. The summed E-state index contributed by atoms with van der Waals surface area (Å²) in [5.41, 5.74) is 1.19. The first-order chi connectivity index (χ1) is 16.5. The predicted octanol–water partition coefficient (Wildman–Crippen LogP) is 3.46. The molecule has 4 rings (SSSR count). The maximum absolute atomic E-state index is 13.3. The first-order valence-corrected chi connectivity index (χ1v) is 12.4. The number of hydrogen-bond donors (Lipinski definition) is 3. The lowest BCUT2D eigenvalue weighted by Gasteiger charge is -2.17. The van der Waals surface area contributed by atoms with Crippen LogP contribution < -0.4 is 10.3 Å². The van der Waals surface area contributed by atoms with Gasteiger partial charge in [0.15, 0.2) is 5.65 Å². The van der Waals surface area contributed by atoms with Crippen molar-refractivity contribution >= 4 is 18.9 Å². The van der Waals surface area contributed by atoms with Gasteiger partial charge in [-0.15, -0.1) is 0 Å². The number of nitrogens with zero attached hydrogens (tertiary/aromatic N) is 3. The zero-order valence-electron chi connectivity index (χ0n) is 19.2. The molecule has 0 unspecified atom stereocenters. The van der Waals surface area contributed by atoms with Crippen molar-refractivity contribution in [1.29, 1.82) is 0 Å². The van der Waals surface area contributed by atoms with E-state index >= 15 is 0 Å². The monoisotopic (exact) mass is 499 g/mol. The molecule has 11 heteroatoms. The number of phosphoric acid groups is 1. The summed E-state index contributed by atoms with van der Waals surface area (Å²) in [5.74, 6) is 0.621. The van der Waals surface area contributed by atoms with E-state index in [0.29, 0.717) is 30.0 Å². The molecule has 0 amide bonds. The van der Waals surface area contributed by atoms with Crippen LogP contribution in [0.3, 0.4) is 0 Å². The third-order valence-electron chi connectivity index (χ3n) is 5.32. The van der Waals surface area contributed by atoms with Gasteiger partial charge in [-0.1, -0.05) is 30.3 Å². The van der Waals surface area contributed by atoms with Crippen molar-refractivity contribution < 1.29 is 28.7 Å². The van der Waals surface area contributed by atoms with Gasteiger partial charge < -0.3 is 24.2 Å². The first-order valence-electron chi connectivity index (χ1n) is 10.8. The van der Waals surface area contributed by atoms with Crippen LogP contribution in [0.4, 0.5) is 0 Å². The third kappa shape index (κ3) is 6.05. The van der Waals surface area contributed by atoms with Crippen molar-refractivity contribution in [2.45, 2.75) is 32.6 Å². The molecule has 0 atom stereocenters. The average molecular weight is 499 g/mol. The maximum atomic E-state index is 13.3. The van der Waals surface area contributed by atoms with E-state index < -0.39 is 25.7 Å². The summed E-state index contributed by atoms with van der Waals surface area (Å²) in [5, 5.41) is 10.1. The fourth-order valence-corrected chi connectivity index (χ4v) is 3.81. The maximum Gasteiger partial charge on any atom is 0.471 e. The second-order valence-corrected chi connectivity index (χ2v) is 9.89. The largest absolute Gasteiger partial charge is 0.493 e. The molecule has 10 nitrogen and oxygen atoms in total. The van der Waals surface area contributed by atoms with E-state index in [1.165, 1.54) is 6.33 Å². The molecule has 0 bridgehead atoms. The van der Waals surface area contributed by atoms with Gasteiger partial charge in [-0.3, -0.25) is 13.9 Å². The van der Waals surface area contributed by atoms with Crippen LogP contribution >= 0.6 is 7.82 Å². The molecular formula is C24H26N3O7P. The number of rotatable bonds is 9. The van der Waals surface area contributed by atoms with Crippen LogP contribution in [0, 0.1) is 0 Å². The molecule has 0 fully saturated rings. The summed E-state index contributed by atoms with van der Waals surface area (Å²) in [6, 6.07) is 16.6. The van der Waals surface area contributed by atoms with Crippen LogP contribution in [-0.4, -0.2) is 41.2 Å². The molecule has 35 heavy (non-hydrogen) atoms. The fourth-order valence-electron chi connectivity index (χ4n) is 3.54. The number of phosphoric ester groups is 1. The standard InChI is InChI=1S/C24H26N3O7P/c1-24(2,29)12-13-33-19-10-8-17(9-11-19)20-14-27(18-6-4-3-5-7-18)22-21(20)23(28)26(15-25-22)16-34-35(30,31)32/h3-11,14-15,29H,12-13,16H2,1-2H3,(H2,30,31,32). The minimum Gasteiger partial charge on any atom is -0.493 e. The third-order valence-corrected chi connectivity index (χ3v) is 5.77. The number of ether oxygens (including phenoxy) is 1. The zero-order valence-corrected chi connectivity index (χ0v) is 20.1. The first kappa shape index (κ1) is 24.8. The summed E-state index contributed by atoms with van der Waals surface area (Å²) >= 11 is 0. The lowest BCUT2D eigenvalue weighted by molar-refractivity contribution is 0.0553. The van der Waals surface area contributed by atoms with E-state index in [1.807, 2.05) is 42.5 Å². The Labute approximate surface area is 201 Å². The molecule has 0 aliphatic carbocycles. The van der Waals surface area contributed by atoms with E-state index in [2.05, 4.69) is 9.51 Å². The molecule has 184 valence electrons. The molecule has 0 aliphatic rings. The number of benzene rings is 2. The lowest BCUT2D eigenvalue weighted by atomic mass is 10.1. The van der Waals surface area contributed by atoms with E-state index in [0.717, 1.165) is 15.8 Å². The topological polar surface area (TPSA) is 136 Å². The van der Waals surface area contributed by atoms with Gasteiger partial charge in [0.1, 0.15) is 18.8 Å². The average Bonchev–Trinajstić information content (AvgIpc) is 3.19. The molecular weight excluding hydrogens is 473 g/mol. The van der Waals surface area contributed by atoms with Gasteiger partial charge in [-0.05, 0) is 43.7 Å². The van der Waals surface area contributed by atoms with Crippen LogP contribution in [0.1, 0.15) is 20.3 Å². The van der Waals surface area contributed by atoms with Crippen LogP contribution in [0.2, 0.25) is 0 Å². The van der Waals surface area contributed by atoms with Gasteiger partial charge in [0.2, 0.25) is 0 Å². The second kappa shape index (κ2) is 9.77. The number of aliphatic hydroxyl groups is 1. The molecule has 0 saturated carbocycles. The van der Waals surface area contributed by atoms with Gasteiger partial charge in [0, 0.05) is 23.9 Å². The summed E-state index contributed by atoms with van der Waals surface area (Å²) in [4.78, 5) is 35.8. The van der Waals surface area contributed by atoms with E-state index in [4.69, 9.17) is 14.5 Å². The quantitative estimate of drug-likeness (QED) is 0.298. The fraction of sp³-hybridized carbons (Fsp3) is 0.250. The zero-order chi connectivity index (χ0) is 25.2. The highest BCUT2D eigenvalue weighted by Gasteiger charge is 2.20. The Morgan fingerprint density at radius 3 is 2.37 bits per heavy atom. The Hall–Kier alpha value is -3.27. The van der Waals surface area contributed by atoms with E-state index in [9.17, 15) is 14.5 Å². The van der Waals surface area contributed by atoms with E-state index in [1.54, 1.807) is 36.7 Å². The van der Waals surface area contributed by atoms with Gasteiger partial charge in [-0.25, -0.2) is 9.55 Å². The number of fused-ring (bicyclic) bond motifs is 1. The number of para-hydroxylation sites is 1. The molecule has 0 saturated heterocycles. The predicted molar refractivity (Wildman–Crippen MR) is 130 cm³/mol. The number of aromatic nitrogens is 3. The molecule has 3 N–H and O–H groups in total. The van der Waals surface area contributed by atoms with Crippen LogP contribution in [-0.2, 0) is 15.8 Å². The van der Waals surface area contributed by atoms with Crippen LogP contribution in [0.15, 0.2) is 71.9 Å². The van der Waals surface area contributed by atoms with Crippen molar-refractivity contribution in [2.24, 2.45) is 0 Å². The van der Waals surface area contributed by atoms with Crippen molar-refractivity contribution in [3.63, 3.8) is 0 Å². The second-order valence-electron chi connectivity index (χ2n) is 8.65. The molecule has 0 radical (unpaired) electrons. The van der Waals surface area contributed by atoms with Crippen LogP contribution in [0.25, 0.3) is 27.8 Å². The molecule has 0 aliphatic heterocycles. The Kier molecular flexibility index (Phi) is 6.93. The van der Waals surface area contributed by atoms with Crippen molar-refractivity contribution in [2.75, 3.05) is 6.61 Å². The van der Waals surface area contributed by atoms with Crippen molar-refractivity contribution in [3.8, 4) is 22.6 Å². The van der Waals surface area contributed by atoms with E-state index in [-0.39, 0.29) is 5.39 Å². The molecule has 2 heterocycles. The minimum atomic E-state index is -4.77. The van der Waals surface area contributed by atoms with Gasteiger partial charge in [0.05, 0.1) is 17.6 Å². The van der Waals surface area contributed by atoms with Gasteiger partial charge >= 0.3 is 7.82 Å². The van der Waals surface area contributed by atoms with Gasteiger partial charge in [0.25, 0.3) is 5.56 Å². The Morgan fingerprint density at radius 1 is 1.06 bits per heavy atom. The highest BCUT2D eigenvalue weighted by atomic mass is 31.2. The van der Waals surface area contributed by atoms with Gasteiger partial charge in [-0.2, -0.15) is 0 Å². The summed E-state index contributed by atoms with van der Waals surface area (Å²) in [7, 11) is -4.77. The molecule has 2 aromatic carbocycles. The Morgan fingerprint density at radius 2 is 1.74 bits per heavy atom. The Bertz CT molecular complexity index is 1420. The van der Waals surface area contributed by atoms with Crippen molar-refractivity contribution in [3.05, 3.63) is 77.5 Å². The highest BCUT2D eigenvalue weighted by molar-refractivity contribution is 7.46. The molecule has 4 aromatic rings. The normalized spacial score (nSPS) is 12.3. The summed E-state index contributed by atoms with van der Waals surface area (Å²) in [6.07, 6.45) is 3.47. The summed E-state index contributed by atoms with van der Waals surface area (Å²) in [6.45, 7) is 3.14. The SMILES string of the molecule is CC(C)(O)CCOc1ccc(-c2cn(-c3ccccc3)c3ncn(COP(=O)(O)O)c(=O)c23)cc1. The smallest absolute Gasteiger partial charge is 0.471 e. The summed E-state index contributed by atoms with van der Waals surface area (Å²) < 4.78 is 24.1. The lowest BCUT2D eigenvalue weighted by Crippen LogP contribution is -2.22. The van der Waals surface area contributed by atoms with Crippen LogP contribution in [0.5, 0.6) is 5.75 Å².